The van der Waals surface area contributed by atoms with Gasteiger partial charge in [0.25, 0.3) is 0 Å². The Morgan fingerprint density at radius 1 is 1.21 bits per heavy atom. The number of ether oxygens (including phenoxy) is 1. The number of halogens is 3. The van der Waals surface area contributed by atoms with E-state index in [0.29, 0.717) is 30.8 Å². The van der Waals surface area contributed by atoms with Crippen molar-refractivity contribution in [3.05, 3.63) is 29.3 Å². The molecule has 1 heterocycles. The van der Waals surface area contributed by atoms with E-state index in [1.165, 1.54) is 6.07 Å². The molecule has 0 atom stereocenters. The molecule has 0 spiro atoms. The molecule has 0 N–H and O–H groups in total. The summed E-state index contributed by atoms with van der Waals surface area (Å²) in [7, 11) is 0. The number of hydrogen-bond donors (Lipinski definition) is 0. The number of hydrogen-bond acceptors (Lipinski definition) is 1. The lowest BCUT2D eigenvalue weighted by Crippen LogP contribution is -2.15. The average molecular weight is 202 g/mol. The van der Waals surface area contributed by atoms with Crippen LogP contribution in [0.4, 0.5) is 13.2 Å². The third kappa shape index (κ3) is 1.56. The van der Waals surface area contributed by atoms with E-state index in [2.05, 4.69) is 0 Å². The van der Waals surface area contributed by atoms with Crippen LogP contribution in [0.15, 0.2) is 18.2 Å². The summed E-state index contributed by atoms with van der Waals surface area (Å²) in [6.07, 6.45) is -3.17. The van der Waals surface area contributed by atoms with Crippen molar-refractivity contribution in [2.45, 2.75) is 19.0 Å². The molecule has 0 saturated heterocycles. The van der Waals surface area contributed by atoms with Gasteiger partial charge in [0.2, 0.25) is 0 Å². The van der Waals surface area contributed by atoms with E-state index in [9.17, 15) is 13.2 Å². The van der Waals surface area contributed by atoms with E-state index >= 15 is 0 Å². The smallest absolute Gasteiger partial charge is 0.416 e. The summed E-state index contributed by atoms with van der Waals surface area (Å²) in [4.78, 5) is 0. The van der Waals surface area contributed by atoms with Gasteiger partial charge in [-0.25, -0.2) is 0 Å². The lowest BCUT2D eigenvalue weighted by atomic mass is 10.00. The Bertz CT molecular complexity index is 344. The first-order valence-corrected chi connectivity index (χ1v) is 4.41. The summed E-state index contributed by atoms with van der Waals surface area (Å²) in [6, 6.07) is 4.07. The summed E-state index contributed by atoms with van der Waals surface area (Å²) in [5.41, 5.74) is -0.263. The molecule has 0 saturated carbocycles. The summed E-state index contributed by atoms with van der Waals surface area (Å²) in [5, 5.41) is 0. The van der Waals surface area contributed by atoms with Crippen LogP contribution >= 0.6 is 0 Å². The van der Waals surface area contributed by atoms with Crippen LogP contribution in [-0.2, 0) is 12.6 Å². The Labute approximate surface area is 79.5 Å². The zero-order chi connectivity index (χ0) is 10.2. The summed E-state index contributed by atoms with van der Waals surface area (Å²) in [5.74, 6) is 0.381. The van der Waals surface area contributed by atoms with Gasteiger partial charge in [-0.1, -0.05) is 6.07 Å². The minimum Gasteiger partial charge on any atom is -0.493 e. The van der Waals surface area contributed by atoms with Crippen LogP contribution in [0.3, 0.4) is 0 Å². The van der Waals surface area contributed by atoms with Crippen LogP contribution in [0.25, 0.3) is 0 Å². The van der Waals surface area contributed by atoms with Gasteiger partial charge >= 0.3 is 6.18 Å². The molecule has 0 bridgehead atoms. The topological polar surface area (TPSA) is 9.23 Å². The molecule has 2 rings (SSSR count). The SMILES string of the molecule is FC(F)(F)c1cccc2c1CCCO2. The molecule has 0 radical (unpaired) electrons. The standard InChI is InChI=1S/C10H9F3O/c11-10(12,13)8-4-1-5-9-7(8)3-2-6-14-9/h1,4-5H,2-3,6H2. The quantitative estimate of drug-likeness (QED) is 0.628. The largest absolute Gasteiger partial charge is 0.493 e. The molecule has 1 aromatic rings. The van der Waals surface area contributed by atoms with Gasteiger partial charge in [0.05, 0.1) is 12.2 Å². The summed E-state index contributed by atoms with van der Waals surface area (Å²) in [6.45, 7) is 0.508. The van der Waals surface area contributed by atoms with E-state index in [4.69, 9.17) is 4.74 Å². The minimum absolute atomic E-state index is 0.297. The van der Waals surface area contributed by atoms with Crippen LogP contribution in [0.5, 0.6) is 5.75 Å². The second kappa shape index (κ2) is 3.19. The monoisotopic (exact) mass is 202 g/mol. The van der Waals surface area contributed by atoms with Crippen molar-refractivity contribution in [3.63, 3.8) is 0 Å². The number of benzene rings is 1. The van der Waals surface area contributed by atoms with Gasteiger partial charge in [-0.2, -0.15) is 13.2 Å². The fraction of sp³-hybridized carbons (Fsp3) is 0.400. The fourth-order valence-corrected chi connectivity index (χ4v) is 1.66. The Hall–Kier alpha value is -1.19. The molecule has 0 unspecified atom stereocenters. The zero-order valence-corrected chi connectivity index (χ0v) is 7.40. The molecular formula is C10H9F3O. The number of fused-ring (bicyclic) bond motifs is 1. The van der Waals surface area contributed by atoms with Crippen molar-refractivity contribution in [2.75, 3.05) is 6.61 Å². The van der Waals surface area contributed by atoms with Crippen LogP contribution in [-0.4, -0.2) is 6.61 Å². The van der Waals surface area contributed by atoms with Gasteiger partial charge in [0, 0.05) is 5.56 Å². The Morgan fingerprint density at radius 3 is 2.71 bits per heavy atom. The maximum absolute atomic E-state index is 12.5. The molecule has 76 valence electrons. The summed E-state index contributed by atoms with van der Waals surface area (Å²) < 4.78 is 42.7. The molecule has 0 aliphatic carbocycles. The van der Waals surface area contributed by atoms with Crippen molar-refractivity contribution in [1.29, 1.82) is 0 Å². The molecule has 1 aromatic carbocycles. The van der Waals surface area contributed by atoms with Crippen LogP contribution in [0, 0.1) is 0 Å². The van der Waals surface area contributed by atoms with Crippen LogP contribution in [0.2, 0.25) is 0 Å². The minimum atomic E-state index is -4.27. The predicted molar refractivity (Wildman–Crippen MR) is 45.3 cm³/mol. The molecule has 0 aromatic heterocycles. The van der Waals surface area contributed by atoms with Crippen LogP contribution in [0.1, 0.15) is 17.5 Å². The highest BCUT2D eigenvalue weighted by Gasteiger charge is 2.34. The molecule has 1 nitrogen and oxygen atoms in total. The molecule has 4 heteroatoms. The van der Waals surface area contributed by atoms with Gasteiger partial charge in [-0.3, -0.25) is 0 Å². The van der Waals surface area contributed by atoms with Crippen molar-refractivity contribution >= 4 is 0 Å². The van der Waals surface area contributed by atoms with Gasteiger partial charge < -0.3 is 4.74 Å². The molecule has 14 heavy (non-hydrogen) atoms. The van der Waals surface area contributed by atoms with Crippen molar-refractivity contribution in [1.82, 2.24) is 0 Å². The van der Waals surface area contributed by atoms with E-state index in [0.717, 1.165) is 6.07 Å². The predicted octanol–water partition coefficient (Wildman–Crippen LogP) is 3.03. The molecule has 1 aliphatic rings. The molecule has 0 fully saturated rings. The fourth-order valence-electron chi connectivity index (χ4n) is 1.66. The highest BCUT2D eigenvalue weighted by molar-refractivity contribution is 5.42. The van der Waals surface area contributed by atoms with E-state index in [1.807, 2.05) is 0 Å². The first-order valence-electron chi connectivity index (χ1n) is 4.41. The second-order valence-corrected chi connectivity index (χ2v) is 3.23. The third-order valence-corrected chi connectivity index (χ3v) is 2.27. The first-order chi connectivity index (χ1) is 6.59. The maximum atomic E-state index is 12.5. The highest BCUT2D eigenvalue weighted by Crippen LogP contribution is 2.37. The summed E-state index contributed by atoms with van der Waals surface area (Å²) >= 11 is 0. The van der Waals surface area contributed by atoms with E-state index < -0.39 is 11.7 Å². The van der Waals surface area contributed by atoms with E-state index in [-0.39, 0.29) is 0 Å². The van der Waals surface area contributed by atoms with Crippen molar-refractivity contribution in [2.24, 2.45) is 0 Å². The zero-order valence-electron chi connectivity index (χ0n) is 7.40. The van der Waals surface area contributed by atoms with Gasteiger partial charge in [0.1, 0.15) is 5.75 Å². The highest BCUT2D eigenvalue weighted by atomic mass is 19.4. The van der Waals surface area contributed by atoms with Crippen LogP contribution < -0.4 is 4.74 Å². The van der Waals surface area contributed by atoms with Crippen molar-refractivity contribution < 1.29 is 17.9 Å². The first kappa shape index (κ1) is 9.37. The second-order valence-electron chi connectivity index (χ2n) is 3.23. The lowest BCUT2D eigenvalue weighted by Gasteiger charge is -2.21. The number of rotatable bonds is 0. The Morgan fingerprint density at radius 2 is 2.00 bits per heavy atom. The van der Waals surface area contributed by atoms with Gasteiger partial charge in [-0.15, -0.1) is 0 Å². The normalized spacial score (nSPS) is 15.9. The van der Waals surface area contributed by atoms with Crippen molar-refractivity contribution in [3.8, 4) is 5.75 Å². The Balaban J connectivity index is 2.51. The maximum Gasteiger partial charge on any atom is 0.416 e. The lowest BCUT2D eigenvalue weighted by molar-refractivity contribution is -0.138. The van der Waals surface area contributed by atoms with Gasteiger partial charge in [-0.05, 0) is 25.0 Å². The third-order valence-electron chi connectivity index (χ3n) is 2.27. The molecular weight excluding hydrogens is 193 g/mol. The van der Waals surface area contributed by atoms with E-state index in [1.54, 1.807) is 6.07 Å². The molecule has 1 aliphatic heterocycles. The van der Waals surface area contributed by atoms with Gasteiger partial charge in [0.15, 0.2) is 0 Å². The Kier molecular flexibility index (Phi) is 2.13. The molecule has 0 amide bonds. The average Bonchev–Trinajstić information content (AvgIpc) is 2.15. The number of alkyl halides is 3.